The third kappa shape index (κ3) is 3.35. The first-order valence-corrected chi connectivity index (χ1v) is 6.86. The minimum atomic E-state index is -0.957. The van der Waals surface area contributed by atoms with Gasteiger partial charge in [-0.1, -0.05) is 20.8 Å². The van der Waals surface area contributed by atoms with E-state index in [2.05, 4.69) is 41.9 Å². The molecule has 1 fully saturated rings. The van der Waals surface area contributed by atoms with Crippen LogP contribution in [0.25, 0.3) is 0 Å². The summed E-state index contributed by atoms with van der Waals surface area (Å²) in [6.45, 7) is 10.1. The number of aliphatic hydroxyl groups is 2. The van der Waals surface area contributed by atoms with Crippen LogP contribution in [0.4, 0.5) is 0 Å². The van der Waals surface area contributed by atoms with E-state index in [4.69, 9.17) is 0 Å². The number of piperidine rings is 1. The first-order chi connectivity index (χ1) is 8.68. The molecule has 0 aromatic carbocycles. The predicted molar refractivity (Wildman–Crippen MR) is 73.8 cm³/mol. The first kappa shape index (κ1) is 14.5. The largest absolute Gasteiger partial charge is 0.389 e. The number of nitrogens with zero attached hydrogens (tertiary/aromatic N) is 2. The van der Waals surface area contributed by atoms with Crippen LogP contribution in [-0.2, 0) is 12.0 Å². The zero-order valence-electron chi connectivity index (χ0n) is 12.3. The van der Waals surface area contributed by atoms with Gasteiger partial charge in [-0.15, -0.1) is 0 Å². The van der Waals surface area contributed by atoms with E-state index < -0.39 is 11.7 Å². The maximum absolute atomic E-state index is 9.94. The van der Waals surface area contributed by atoms with Crippen LogP contribution in [-0.4, -0.2) is 50.1 Å². The number of nitrogens with one attached hydrogen (secondary N) is 1. The molecule has 0 aliphatic carbocycles. The lowest BCUT2D eigenvalue weighted by molar-refractivity contribution is -0.108. The van der Waals surface area contributed by atoms with E-state index in [0.29, 0.717) is 13.0 Å². The zero-order valence-corrected chi connectivity index (χ0v) is 12.3. The summed E-state index contributed by atoms with van der Waals surface area (Å²) in [5.41, 5.74) is 1.19. The summed E-state index contributed by atoms with van der Waals surface area (Å²) >= 11 is 0. The van der Waals surface area contributed by atoms with Crippen LogP contribution in [0, 0.1) is 0 Å². The van der Waals surface area contributed by atoms with Crippen molar-refractivity contribution >= 4 is 0 Å². The van der Waals surface area contributed by atoms with Crippen molar-refractivity contribution in [3.05, 3.63) is 17.5 Å². The highest BCUT2D eigenvalue weighted by molar-refractivity contribution is 5.16. The lowest BCUT2D eigenvalue weighted by Crippen LogP contribution is -2.53. The van der Waals surface area contributed by atoms with Gasteiger partial charge in [0.05, 0.1) is 17.4 Å². The normalized spacial score (nSPS) is 29.7. The fourth-order valence-electron chi connectivity index (χ4n) is 2.29. The maximum atomic E-state index is 9.94. The van der Waals surface area contributed by atoms with Crippen LogP contribution in [0.3, 0.4) is 0 Å². The molecule has 1 aliphatic rings. The molecule has 2 heterocycles. The summed E-state index contributed by atoms with van der Waals surface area (Å²) in [5, 5.41) is 27.2. The van der Waals surface area contributed by atoms with Crippen molar-refractivity contribution in [3.63, 3.8) is 0 Å². The third-order valence-electron chi connectivity index (χ3n) is 3.88. The molecule has 3 N–H and O–H groups in total. The average Bonchev–Trinajstić information content (AvgIpc) is 2.72. The molecule has 0 unspecified atom stereocenters. The maximum Gasteiger partial charge on any atom is 0.0951 e. The molecule has 19 heavy (non-hydrogen) atoms. The van der Waals surface area contributed by atoms with Gasteiger partial charge in [0.25, 0.3) is 0 Å². The van der Waals surface area contributed by atoms with Crippen molar-refractivity contribution in [3.8, 4) is 0 Å². The number of H-pyrrole nitrogens is 1. The summed E-state index contributed by atoms with van der Waals surface area (Å²) in [7, 11) is 0. The Balaban J connectivity index is 1.97. The summed E-state index contributed by atoms with van der Waals surface area (Å²) in [6.07, 6.45) is -0.0970. The Morgan fingerprint density at radius 2 is 2.21 bits per heavy atom. The number of β-amino-alcohol motifs (C(OH)–C–C–N with tert-alkyl or cyclic N) is 1. The van der Waals surface area contributed by atoms with E-state index >= 15 is 0 Å². The van der Waals surface area contributed by atoms with Gasteiger partial charge in [-0.05, 0) is 19.4 Å². The monoisotopic (exact) mass is 267 g/mol. The quantitative estimate of drug-likeness (QED) is 0.748. The number of aromatic amines is 1. The SMILES string of the molecule is CC(C)(C)c1cc(CN2CC[C@@](C)(O)[C@H](O)C2)[nH]n1. The van der Waals surface area contributed by atoms with Crippen LogP contribution in [0.1, 0.15) is 45.5 Å². The van der Waals surface area contributed by atoms with Crippen LogP contribution in [0.2, 0.25) is 0 Å². The van der Waals surface area contributed by atoms with Gasteiger partial charge in [-0.2, -0.15) is 5.10 Å². The Hall–Kier alpha value is -0.910. The van der Waals surface area contributed by atoms with Gasteiger partial charge in [-0.3, -0.25) is 10.00 Å². The molecule has 0 spiro atoms. The highest BCUT2D eigenvalue weighted by Crippen LogP contribution is 2.24. The standard InChI is InChI=1S/C14H25N3O2/c1-13(2,3)11-7-10(15-16-11)8-17-6-5-14(4,19)12(18)9-17/h7,12,18-19H,5-6,8-9H2,1-4H3,(H,15,16)/t12-,14-/m1/s1. The Bertz CT molecular complexity index is 434. The molecule has 0 amide bonds. The molecule has 1 saturated heterocycles. The molecule has 1 aliphatic heterocycles. The predicted octanol–water partition coefficient (Wildman–Crippen LogP) is 1.02. The van der Waals surface area contributed by atoms with Crippen molar-refractivity contribution in [1.82, 2.24) is 15.1 Å². The van der Waals surface area contributed by atoms with Crippen molar-refractivity contribution in [2.24, 2.45) is 0 Å². The second-order valence-corrected chi connectivity index (χ2v) is 6.89. The molecule has 1 aromatic heterocycles. The fraction of sp³-hybridized carbons (Fsp3) is 0.786. The van der Waals surface area contributed by atoms with Crippen molar-refractivity contribution < 1.29 is 10.2 Å². The molecular formula is C14H25N3O2. The number of hydrogen-bond acceptors (Lipinski definition) is 4. The van der Waals surface area contributed by atoms with Crippen LogP contribution in [0.5, 0.6) is 0 Å². The molecule has 2 rings (SSSR count). The van der Waals surface area contributed by atoms with E-state index in [9.17, 15) is 10.2 Å². The highest BCUT2D eigenvalue weighted by atomic mass is 16.3. The Labute approximate surface area is 114 Å². The fourth-order valence-corrected chi connectivity index (χ4v) is 2.29. The summed E-state index contributed by atoms with van der Waals surface area (Å²) in [5.74, 6) is 0. The van der Waals surface area contributed by atoms with E-state index in [1.54, 1.807) is 6.92 Å². The molecule has 1 aromatic rings. The van der Waals surface area contributed by atoms with E-state index in [-0.39, 0.29) is 5.41 Å². The van der Waals surface area contributed by atoms with Gasteiger partial charge < -0.3 is 10.2 Å². The minimum absolute atomic E-state index is 0.0415. The molecular weight excluding hydrogens is 242 g/mol. The van der Waals surface area contributed by atoms with Gasteiger partial charge >= 0.3 is 0 Å². The molecule has 108 valence electrons. The minimum Gasteiger partial charge on any atom is -0.389 e. The van der Waals surface area contributed by atoms with Crippen LogP contribution in [0.15, 0.2) is 6.07 Å². The number of aromatic nitrogens is 2. The number of aliphatic hydroxyl groups excluding tert-OH is 1. The Kier molecular flexibility index (Phi) is 3.73. The van der Waals surface area contributed by atoms with Gasteiger partial charge in [0.1, 0.15) is 0 Å². The Morgan fingerprint density at radius 3 is 2.74 bits per heavy atom. The average molecular weight is 267 g/mol. The van der Waals surface area contributed by atoms with Crippen LogP contribution < -0.4 is 0 Å². The van der Waals surface area contributed by atoms with E-state index in [0.717, 1.165) is 24.5 Å². The van der Waals surface area contributed by atoms with Gasteiger partial charge in [0.15, 0.2) is 0 Å². The van der Waals surface area contributed by atoms with Gasteiger partial charge in [0.2, 0.25) is 0 Å². The van der Waals surface area contributed by atoms with Crippen molar-refractivity contribution in [2.75, 3.05) is 13.1 Å². The van der Waals surface area contributed by atoms with E-state index in [1.165, 1.54) is 0 Å². The number of rotatable bonds is 2. The molecule has 5 nitrogen and oxygen atoms in total. The van der Waals surface area contributed by atoms with Gasteiger partial charge in [0, 0.05) is 30.7 Å². The summed E-state index contributed by atoms with van der Waals surface area (Å²) in [6, 6.07) is 2.08. The number of hydrogen-bond donors (Lipinski definition) is 3. The highest BCUT2D eigenvalue weighted by Gasteiger charge is 2.36. The molecule has 2 atom stereocenters. The lowest BCUT2D eigenvalue weighted by atomic mass is 9.90. The molecule has 0 bridgehead atoms. The molecule has 5 heteroatoms. The smallest absolute Gasteiger partial charge is 0.0951 e. The second kappa shape index (κ2) is 4.89. The van der Waals surface area contributed by atoms with Crippen molar-refractivity contribution in [2.45, 2.75) is 57.8 Å². The lowest BCUT2D eigenvalue weighted by Gasteiger charge is -2.39. The van der Waals surface area contributed by atoms with Gasteiger partial charge in [-0.25, -0.2) is 0 Å². The molecule has 0 radical (unpaired) electrons. The van der Waals surface area contributed by atoms with E-state index in [1.807, 2.05) is 0 Å². The number of likely N-dealkylation sites (tertiary alicyclic amines) is 1. The summed E-state index contributed by atoms with van der Waals surface area (Å²) < 4.78 is 0. The van der Waals surface area contributed by atoms with Crippen molar-refractivity contribution in [1.29, 1.82) is 0 Å². The third-order valence-corrected chi connectivity index (χ3v) is 3.88. The molecule has 0 saturated carbocycles. The first-order valence-electron chi connectivity index (χ1n) is 6.86. The zero-order chi connectivity index (χ0) is 14.3. The van der Waals surface area contributed by atoms with Crippen LogP contribution >= 0.6 is 0 Å². The Morgan fingerprint density at radius 1 is 1.53 bits per heavy atom. The summed E-state index contributed by atoms with van der Waals surface area (Å²) in [4.78, 5) is 2.14. The topological polar surface area (TPSA) is 72.4 Å². The second-order valence-electron chi connectivity index (χ2n) is 6.89.